The zero-order valence-corrected chi connectivity index (χ0v) is 13.8. The van der Waals surface area contributed by atoms with Crippen LogP contribution in [0, 0.1) is 6.92 Å². The molecule has 0 aliphatic carbocycles. The summed E-state index contributed by atoms with van der Waals surface area (Å²) in [6, 6.07) is 12.5. The molecule has 0 aliphatic heterocycles. The first-order valence-corrected chi connectivity index (χ1v) is 8.96. The van der Waals surface area contributed by atoms with Gasteiger partial charge in [0, 0.05) is 6.04 Å². The van der Waals surface area contributed by atoms with Crippen molar-refractivity contribution in [2.45, 2.75) is 36.3 Å². The predicted molar refractivity (Wildman–Crippen MR) is 87.8 cm³/mol. The third-order valence-corrected chi connectivity index (χ3v) is 6.28. The van der Waals surface area contributed by atoms with Crippen LogP contribution in [0.15, 0.2) is 46.0 Å². The number of rotatable bonds is 6. The van der Waals surface area contributed by atoms with Crippen LogP contribution in [-0.4, -0.2) is 16.0 Å². The van der Waals surface area contributed by atoms with E-state index in [1.54, 1.807) is 11.3 Å². The molecule has 0 saturated heterocycles. The molecular formula is C16H21NOS2. The van der Waals surface area contributed by atoms with Gasteiger partial charge >= 0.3 is 0 Å². The minimum atomic E-state index is -0.978. The molecule has 1 N–H and O–H groups in total. The number of hydrogen-bond acceptors (Lipinski definition) is 3. The largest absolute Gasteiger partial charge is 0.309 e. The van der Waals surface area contributed by atoms with Crippen molar-refractivity contribution in [3.63, 3.8) is 0 Å². The first-order valence-electron chi connectivity index (χ1n) is 6.87. The molecule has 0 fully saturated rings. The number of benzene rings is 1. The van der Waals surface area contributed by atoms with Crippen LogP contribution in [0.3, 0.4) is 0 Å². The molecule has 0 spiro atoms. The fourth-order valence-electron chi connectivity index (χ4n) is 2.23. The molecule has 1 heterocycles. The molecule has 20 heavy (non-hydrogen) atoms. The van der Waals surface area contributed by atoms with Gasteiger partial charge in [0.2, 0.25) is 0 Å². The van der Waals surface area contributed by atoms with E-state index < -0.39 is 10.8 Å². The maximum Gasteiger partial charge on any atom is 0.0914 e. The third kappa shape index (κ3) is 3.57. The lowest BCUT2D eigenvalue weighted by Gasteiger charge is -2.24. The first kappa shape index (κ1) is 15.4. The summed E-state index contributed by atoms with van der Waals surface area (Å²) in [7, 11) is -0.978. The summed E-state index contributed by atoms with van der Waals surface area (Å²) >= 11 is 1.56. The van der Waals surface area contributed by atoms with Crippen LogP contribution in [0.1, 0.15) is 31.0 Å². The Morgan fingerprint density at radius 1 is 1.25 bits per heavy atom. The van der Waals surface area contributed by atoms with Crippen molar-refractivity contribution in [1.82, 2.24) is 5.32 Å². The summed E-state index contributed by atoms with van der Waals surface area (Å²) in [4.78, 5) is 0. The van der Waals surface area contributed by atoms with Crippen LogP contribution in [0.5, 0.6) is 0 Å². The van der Waals surface area contributed by atoms with Crippen LogP contribution in [0.25, 0.3) is 0 Å². The van der Waals surface area contributed by atoms with Gasteiger partial charge in [0.25, 0.3) is 0 Å². The maximum absolute atomic E-state index is 12.6. The van der Waals surface area contributed by atoms with E-state index in [0.717, 1.165) is 10.8 Å². The van der Waals surface area contributed by atoms with Crippen molar-refractivity contribution < 1.29 is 4.21 Å². The highest BCUT2D eigenvalue weighted by Crippen LogP contribution is 2.26. The Balaban J connectivity index is 2.23. The Bertz CT molecular complexity index is 548. The lowest BCUT2D eigenvalue weighted by molar-refractivity contribution is 0.536. The van der Waals surface area contributed by atoms with Gasteiger partial charge in [-0.2, -0.15) is 0 Å². The number of nitrogens with one attached hydrogen (secondary N) is 1. The van der Waals surface area contributed by atoms with Crippen molar-refractivity contribution in [1.29, 1.82) is 0 Å². The quantitative estimate of drug-likeness (QED) is 0.877. The second-order valence-electron chi connectivity index (χ2n) is 4.88. The van der Waals surface area contributed by atoms with E-state index in [4.69, 9.17) is 0 Å². The van der Waals surface area contributed by atoms with Crippen LogP contribution in [-0.2, 0) is 10.8 Å². The van der Waals surface area contributed by atoms with Gasteiger partial charge in [-0.25, -0.2) is 0 Å². The van der Waals surface area contributed by atoms with E-state index >= 15 is 0 Å². The summed E-state index contributed by atoms with van der Waals surface area (Å²) in [5, 5.41) is 5.49. The molecule has 2 aromatic rings. The minimum absolute atomic E-state index is 0.0382. The fourth-order valence-corrected chi connectivity index (χ4v) is 4.76. The predicted octanol–water partition coefficient (Wildman–Crippen LogP) is 3.90. The van der Waals surface area contributed by atoms with Gasteiger partial charge in [-0.15, -0.1) is 11.3 Å². The third-order valence-electron chi connectivity index (χ3n) is 3.36. The zero-order chi connectivity index (χ0) is 14.5. The Morgan fingerprint density at radius 3 is 2.50 bits per heavy atom. The van der Waals surface area contributed by atoms with Crippen LogP contribution in [0.2, 0.25) is 0 Å². The summed E-state index contributed by atoms with van der Waals surface area (Å²) < 4.78 is 13.6. The second-order valence-corrected chi connectivity index (χ2v) is 7.86. The van der Waals surface area contributed by atoms with Crippen LogP contribution >= 0.6 is 11.3 Å². The van der Waals surface area contributed by atoms with Gasteiger partial charge in [0.05, 0.1) is 20.3 Å². The van der Waals surface area contributed by atoms with Gasteiger partial charge in [-0.05, 0) is 37.4 Å². The smallest absolute Gasteiger partial charge is 0.0914 e. The molecule has 1 aromatic carbocycles. The summed E-state index contributed by atoms with van der Waals surface area (Å²) in [6.07, 6.45) is 0. The fraction of sp³-hybridized carbons (Fsp3) is 0.375. The maximum atomic E-state index is 12.6. The van der Waals surface area contributed by atoms with Gasteiger partial charge in [0.1, 0.15) is 0 Å². The topological polar surface area (TPSA) is 29.1 Å². The lowest BCUT2D eigenvalue weighted by atomic mass is 10.0. The molecule has 3 atom stereocenters. The summed E-state index contributed by atoms with van der Waals surface area (Å²) in [5.41, 5.74) is 2.45. The highest BCUT2D eigenvalue weighted by atomic mass is 32.2. The molecule has 3 unspecified atom stereocenters. The van der Waals surface area contributed by atoms with E-state index in [9.17, 15) is 4.21 Å². The highest BCUT2D eigenvalue weighted by molar-refractivity contribution is 7.87. The Morgan fingerprint density at radius 2 is 1.95 bits per heavy atom. The molecule has 2 rings (SSSR count). The Labute approximate surface area is 127 Å². The molecule has 0 aliphatic rings. The summed E-state index contributed by atoms with van der Waals surface area (Å²) in [5.74, 6) is 0. The molecule has 1 aromatic heterocycles. The van der Waals surface area contributed by atoms with Crippen molar-refractivity contribution in [2.75, 3.05) is 6.54 Å². The molecule has 2 nitrogen and oxygen atoms in total. The molecule has 108 valence electrons. The minimum Gasteiger partial charge on any atom is -0.309 e. The monoisotopic (exact) mass is 307 g/mol. The van der Waals surface area contributed by atoms with Crippen LogP contribution in [0.4, 0.5) is 0 Å². The van der Waals surface area contributed by atoms with Gasteiger partial charge in [-0.1, -0.05) is 42.8 Å². The molecular weight excluding hydrogens is 286 g/mol. The van der Waals surface area contributed by atoms with E-state index in [0.29, 0.717) is 0 Å². The van der Waals surface area contributed by atoms with E-state index in [2.05, 4.69) is 50.4 Å². The Kier molecular flexibility index (Phi) is 5.52. The molecule has 0 radical (unpaired) electrons. The van der Waals surface area contributed by atoms with Gasteiger partial charge in [0.15, 0.2) is 0 Å². The number of thiophene rings is 1. The average Bonchev–Trinajstić information content (AvgIpc) is 2.98. The van der Waals surface area contributed by atoms with Crippen molar-refractivity contribution in [2.24, 2.45) is 0 Å². The zero-order valence-electron chi connectivity index (χ0n) is 12.1. The average molecular weight is 307 g/mol. The summed E-state index contributed by atoms with van der Waals surface area (Å²) in [6.45, 7) is 7.09. The molecule has 4 heteroatoms. The normalized spacial score (nSPS) is 15.8. The second kappa shape index (κ2) is 7.16. The number of hydrogen-bond donors (Lipinski definition) is 1. The molecule has 0 bridgehead atoms. The van der Waals surface area contributed by atoms with Gasteiger partial charge < -0.3 is 5.32 Å². The van der Waals surface area contributed by atoms with Crippen LogP contribution < -0.4 is 5.32 Å². The Hall–Kier alpha value is -0.970. The first-order chi connectivity index (χ1) is 9.63. The van der Waals surface area contributed by atoms with E-state index in [1.165, 1.54) is 11.1 Å². The van der Waals surface area contributed by atoms with E-state index in [-0.39, 0.29) is 11.3 Å². The van der Waals surface area contributed by atoms with Crippen molar-refractivity contribution >= 4 is 22.1 Å². The SMILES string of the molecule is CCNC(c1ccc(C)cc1)C(C)S(=O)c1cccs1. The number of aryl methyl sites for hydroxylation is 1. The van der Waals surface area contributed by atoms with E-state index in [1.807, 2.05) is 17.5 Å². The standard InChI is InChI=1S/C16H21NOS2/c1-4-17-16(14-9-7-12(2)8-10-14)13(3)20(18)15-6-5-11-19-15/h5-11,13,16-17H,4H2,1-3H3. The molecule has 0 saturated carbocycles. The highest BCUT2D eigenvalue weighted by Gasteiger charge is 2.25. The van der Waals surface area contributed by atoms with Gasteiger partial charge in [-0.3, -0.25) is 4.21 Å². The molecule has 0 amide bonds. The van der Waals surface area contributed by atoms with Crippen molar-refractivity contribution in [3.8, 4) is 0 Å². The lowest BCUT2D eigenvalue weighted by Crippen LogP contribution is -2.32. The van der Waals surface area contributed by atoms with Crippen molar-refractivity contribution in [3.05, 3.63) is 52.9 Å².